The molecule has 0 unspecified atom stereocenters. The van der Waals surface area contributed by atoms with E-state index in [1.54, 1.807) is 13.8 Å². The standard InChI is InChI=1S/C18H18F2N4O2S2/c1-3-26-17(25)14-13(24-18(28-14)22-10-4-5-10)8-27-16-11(7-21)9(2)6-12(23-16)15(19)20/h6,10,15H,3-5,8H2,1-2H3,(H,22,24). The van der Waals surface area contributed by atoms with E-state index in [0.717, 1.165) is 24.6 Å². The van der Waals surface area contributed by atoms with Crippen molar-refractivity contribution in [3.05, 3.63) is 33.5 Å². The van der Waals surface area contributed by atoms with Crippen LogP contribution in [0.1, 0.15) is 58.4 Å². The van der Waals surface area contributed by atoms with Crippen LogP contribution in [-0.2, 0) is 10.5 Å². The number of aromatic nitrogens is 2. The average molecular weight is 424 g/mol. The fraction of sp³-hybridized carbons (Fsp3) is 0.444. The van der Waals surface area contributed by atoms with E-state index in [-0.39, 0.29) is 28.6 Å². The third-order valence-electron chi connectivity index (χ3n) is 3.95. The molecule has 0 aliphatic heterocycles. The highest BCUT2D eigenvalue weighted by atomic mass is 32.2. The predicted molar refractivity (Wildman–Crippen MR) is 103 cm³/mol. The Labute approximate surface area is 169 Å². The van der Waals surface area contributed by atoms with Gasteiger partial charge in [-0.3, -0.25) is 0 Å². The molecule has 1 saturated carbocycles. The van der Waals surface area contributed by atoms with E-state index in [9.17, 15) is 18.8 Å². The number of alkyl halides is 2. The van der Waals surface area contributed by atoms with Crippen molar-refractivity contribution in [3.8, 4) is 6.07 Å². The van der Waals surface area contributed by atoms with Gasteiger partial charge in [0.2, 0.25) is 0 Å². The number of carbonyl (C=O) groups excluding carboxylic acids is 1. The molecule has 3 rings (SSSR count). The zero-order chi connectivity index (χ0) is 20.3. The minimum Gasteiger partial charge on any atom is -0.462 e. The van der Waals surface area contributed by atoms with Crippen molar-refractivity contribution in [2.45, 2.75) is 49.9 Å². The molecule has 0 aromatic carbocycles. The molecule has 10 heteroatoms. The fourth-order valence-electron chi connectivity index (χ4n) is 2.43. The van der Waals surface area contributed by atoms with Gasteiger partial charge in [0.1, 0.15) is 21.7 Å². The normalized spacial score (nSPS) is 13.4. The van der Waals surface area contributed by atoms with Crippen molar-refractivity contribution in [3.63, 3.8) is 0 Å². The number of rotatable bonds is 8. The van der Waals surface area contributed by atoms with Crippen LogP contribution >= 0.6 is 23.1 Å². The van der Waals surface area contributed by atoms with Crippen LogP contribution in [0.25, 0.3) is 0 Å². The molecule has 1 aliphatic rings. The lowest BCUT2D eigenvalue weighted by atomic mass is 10.1. The quantitative estimate of drug-likeness (QED) is 0.485. The number of nitriles is 1. The maximum Gasteiger partial charge on any atom is 0.350 e. The van der Waals surface area contributed by atoms with Crippen LogP contribution in [-0.4, -0.2) is 28.6 Å². The number of carbonyl (C=O) groups is 1. The second kappa shape index (κ2) is 8.84. The minimum absolute atomic E-state index is 0.206. The van der Waals surface area contributed by atoms with E-state index in [4.69, 9.17) is 4.74 Å². The smallest absolute Gasteiger partial charge is 0.350 e. The second-order valence-corrected chi connectivity index (χ2v) is 8.14. The SMILES string of the molecule is CCOC(=O)c1sc(NC2CC2)nc1CSc1nc(C(F)F)cc(C)c1C#N. The number of nitrogens with one attached hydrogen (secondary N) is 1. The lowest BCUT2D eigenvalue weighted by Crippen LogP contribution is -2.05. The first-order valence-corrected chi connectivity index (χ1v) is 10.5. The minimum atomic E-state index is -2.73. The summed E-state index contributed by atoms with van der Waals surface area (Å²) in [5.74, 6) is -0.254. The Morgan fingerprint density at radius 3 is 2.86 bits per heavy atom. The number of hydrogen-bond acceptors (Lipinski definition) is 8. The number of anilines is 1. The number of nitrogens with zero attached hydrogens (tertiary/aromatic N) is 3. The molecule has 0 saturated heterocycles. The summed E-state index contributed by atoms with van der Waals surface area (Å²) in [4.78, 5) is 21.0. The van der Waals surface area contributed by atoms with Gasteiger partial charge >= 0.3 is 5.97 Å². The lowest BCUT2D eigenvalue weighted by molar-refractivity contribution is 0.0531. The van der Waals surface area contributed by atoms with Gasteiger partial charge < -0.3 is 10.1 Å². The van der Waals surface area contributed by atoms with Crippen molar-refractivity contribution in [2.75, 3.05) is 11.9 Å². The Morgan fingerprint density at radius 2 is 2.25 bits per heavy atom. The van der Waals surface area contributed by atoms with Crippen molar-refractivity contribution in [1.82, 2.24) is 9.97 Å². The maximum atomic E-state index is 13.1. The van der Waals surface area contributed by atoms with Crippen LogP contribution < -0.4 is 5.32 Å². The van der Waals surface area contributed by atoms with E-state index in [2.05, 4.69) is 15.3 Å². The first kappa shape index (κ1) is 20.5. The second-order valence-electron chi connectivity index (χ2n) is 6.18. The molecular formula is C18H18F2N4O2S2. The highest BCUT2D eigenvalue weighted by Gasteiger charge is 2.26. The Balaban J connectivity index is 1.86. The van der Waals surface area contributed by atoms with Crippen molar-refractivity contribution in [1.29, 1.82) is 5.26 Å². The number of pyridine rings is 1. The van der Waals surface area contributed by atoms with E-state index >= 15 is 0 Å². The van der Waals surface area contributed by atoms with Gasteiger partial charge in [0, 0.05) is 11.8 Å². The summed E-state index contributed by atoms with van der Waals surface area (Å²) in [6.45, 7) is 3.56. The Morgan fingerprint density at radius 1 is 1.50 bits per heavy atom. The Bertz CT molecular complexity index is 923. The Hall–Kier alpha value is -2.25. The molecule has 1 N–H and O–H groups in total. The fourth-order valence-corrected chi connectivity index (χ4v) is 4.47. The van der Waals surface area contributed by atoms with Crippen LogP contribution in [0.15, 0.2) is 11.1 Å². The number of ether oxygens (including phenoxy) is 1. The molecule has 1 aliphatic carbocycles. The third-order valence-corrected chi connectivity index (χ3v) is 5.94. The van der Waals surface area contributed by atoms with Gasteiger partial charge in [0.15, 0.2) is 5.13 Å². The molecule has 148 valence electrons. The van der Waals surface area contributed by atoms with Gasteiger partial charge in [0.05, 0.1) is 17.9 Å². The van der Waals surface area contributed by atoms with Crippen molar-refractivity contribution >= 4 is 34.2 Å². The van der Waals surface area contributed by atoms with E-state index in [1.807, 2.05) is 6.07 Å². The van der Waals surface area contributed by atoms with Gasteiger partial charge in [-0.1, -0.05) is 23.1 Å². The largest absolute Gasteiger partial charge is 0.462 e. The van der Waals surface area contributed by atoms with Crippen molar-refractivity contribution < 1.29 is 18.3 Å². The summed E-state index contributed by atoms with van der Waals surface area (Å²) in [5.41, 5.74) is 0.801. The molecule has 6 nitrogen and oxygen atoms in total. The van der Waals surface area contributed by atoms with Crippen LogP contribution in [0.4, 0.5) is 13.9 Å². The predicted octanol–water partition coefficient (Wildman–Crippen LogP) is 4.70. The number of hydrogen-bond donors (Lipinski definition) is 1. The van der Waals surface area contributed by atoms with Crippen LogP contribution in [0.5, 0.6) is 0 Å². The molecule has 0 amide bonds. The Kier molecular flexibility index (Phi) is 6.46. The summed E-state index contributed by atoms with van der Waals surface area (Å²) in [6.07, 6.45) is -0.601. The van der Waals surface area contributed by atoms with Gasteiger partial charge in [-0.05, 0) is 38.3 Å². The van der Waals surface area contributed by atoms with Crippen LogP contribution in [0, 0.1) is 18.3 Å². The monoisotopic (exact) mass is 424 g/mol. The molecule has 2 aromatic rings. The topological polar surface area (TPSA) is 87.9 Å². The number of aryl methyl sites for hydroxylation is 1. The molecule has 1 fully saturated rings. The maximum absolute atomic E-state index is 13.1. The summed E-state index contributed by atoms with van der Waals surface area (Å²) in [6, 6.07) is 3.61. The number of thiazole rings is 1. The van der Waals surface area contributed by atoms with Gasteiger partial charge in [0.25, 0.3) is 6.43 Å². The van der Waals surface area contributed by atoms with E-state index in [0.29, 0.717) is 27.3 Å². The number of esters is 1. The highest BCUT2D eigenvalue weighted by molar-refractivity contribution is 7.98. The molecule has 0 radical (unpaired) electrons. The van der Waals surface area contributed by atoms with Gasteiger partial charge in [-0.25, -0.2) is 23.5 Å². The number of halogens is 2. The summed E-state index contributed by atoms with van der Waals surface area (Å²) in [7, 11) is 0. The molecular weight excluding hydrogens is 406 g/mol. The lowest BCUT2D eigenvalue weighted by Gasteiger charge is -2.09. The first-order valence-electron chi connectivity index (χ1n) is 8.68. The third kappa shape index (κ3) is 4.77. The molecule has 2 aromatic heterocycles. The summed E-state index contributed by atoms with van der Waals surface area (Å²) in [5, 5.41) is 13.4. The highest BCUT2D eigenvalue weighted by Crippen LogP contribution is 2.34. The van der Waals surface area contributed by atoms with Crippen LogP contribution in [0.2, 0.25) is 0 Å². The zero-order valence-electron chi connectivity index (χ0n) is 15.3. The van der Waals surface area contributed by atoms with Crippen LogP contribution in [0.3, 0.4) is 0 Å². The van der Waals surface area contributed by atoms with E-state index < -0.39 is 12.4 Å². The zero-order valence-corrected chi connectivity index (χ0v) is 16.9. The molecule has 0 bridgehead atoms. The molecule has 28 heavy (non-hydrogen) atoms. The van der Waals surface area contributed by atoms with Gasteiger partial charge in [-0.15, -0.1) is 0 Å². The summed E-state index contributed by atoms with van der Waals surface area (Å²) >= 11 is 2.33. The van der Waals surface area contributed by atoms with Gasteiger partial charge in [-0.2, -0.15) is 5.26 Å². The molecule has 2 heterocycles. The molecule has 0 spiro atoms. The van der Waals surface area contributed by atoms with E-state index in [1.165, 1.54) is 17.4 Å². The average Bonchev–Trinajstić information content (AvgIpc) is 3.37. The number of thioether (sulfide) groups is 1. The summed E-state index contributed by atoms with van der Waals surface area (Å²) < 4.78 is 31.2. The molecule has 0 atom stereocenters. The van der Waals surface area contributed by atoms with Crippen molar-refractivity contribution in [2.24, 2.45) is 0 Å². The first-order chi connectivity index (χ1) is 13.4.